The molecule has 0 unspecified atom stereocenters. The van der Waals surface area contributed by atoms with E-state index in [1.807, 2.05) is 0 Å². The minimum Gasteiger partial charge on any atom is -0.396 e. The first-order chi connectivity index (χ1) is 6.77. The van der Waals surface area contributed by atoms with E-state index >= 15 is 0 Å². The molecular formula is C11H21NO2. The Morgan fingerprint density at radius 2 is 2.00 bits per heavy atom. The van der Waals surface area contributed by atoms with E-state index in [4.69, 9.17) is 5.11 Å². The van der Waals surface area contributed by atoms with Crippen LogP contribution < -0.4 is 0 Å². The molecule has 2 aliphatic rings. The normalized spacial score (nSPS) is 30.9. The van der Waals surface area contributed by atoms with Crippen LogP contribution in [-0.4, -0.2) is 47.5 Å². The van der Waals surface area contributed by atoms with Crippen LogP contribution in [-0.2, 0) is 0 Å². The number of β-amino-alcohol motifs (C(OH)–C–C–N with tert-alkyl or cyclic N) is 1. The number of nitrogens with zero attached hydrogens (tertiary/aromatic N) is 1. The zero-order chi connectivity index (χ0) is 10.0. The molecule has 0 radical (unpaired) electrons. The minimum atomic E-state index is -0.0922. The molecule has 1 aliphatic carbocycles. The van der Waals surface area contributed by atoms with Gasteiger partial charge in [-0.15, -0.1) is 0 Å². The van der Waals surface area contributed by atoms with Gasteiger partial charge in [0.05, 0.1) is 6.10 Å². The van der Waals surface area contributed by atoms with Crippen LogP contribution in [0.3, 0.4) is 0 Å². The standard InChI is InChI=1S/C11H21NO2/c13-8-2-1-6-12-7-5-11(3-4-11)10(14)9-12/h10,13-14H,1-9H2/t10-/m1/s1. The van der Waals surface area contributed by atoms with Crippen LogP contribution >= 0.6 is 0 Å². The molecular weight excluding hydrogens is 178 g/mol. The molecule has 1 heterocycles. The highest BCUT2D eigenvalue weighted by Gasteiger charge is 2.50. The van der Waals surface area contributed by atoms with E-state index in [1.165, 1.54) is 19.3 Å². The summed E-state index contributed by atoms with van der Waals surface area (Å²) in [5, 5.41) is 18.6. The quantitative estimate of drug-likeness (QED) is 0.652. The van der Waals surface area contributed by atoms with Crippen LogP contribution in [0.15, 0.2) is 0 Å². The molecule has 14 heavy (non-hydrogen) atoms. The van der Waals surface area contributed by atoms with E-state index in [-0.39, 0.29) is 6.10 Å². The lowest BCUT2D eigenvalue weighted by molar-refractivity contribution is 0.00778. The van der Waals surface area contributed by atoms with E-state index < -0.39 is 0 Å². The van der Waals surface area contributed by atoms with Crippen molar-refractivity contribution in [2.24, 2.45) is 5.41 Å². The summed E-state index contributed by atoms with van der Waals surface area (Å²) < 4.78 is 0. The van der Waals surface area contributed by atoms with Crippen LogP contribution in [0.1, 0.15) is 32.1 Å². The van der Waals surface area contributed by atoms with E-state index in [0.717, 1.165) is 32.5 Å². The van der Waals surface area contributed by atoms with Crippen molar-refractivity contribution in [1.29, 1.82) is 0 Å². The molecule has 0 aromatic rings. The van der Waals surface area contributed by atoms with Crippen molar-refractivity contribution >= 4 is 0 Å². The largest absolute Gasteiger partial charge is 0.396 e. The van der Waals surface area contributed by atoms with Crippen molar-refractivity contribution in [3.8, 4) is 0 Å². The van der Waals surface area contributed by atoms with Gasteiger partial charge in [-0.1, -0.05) is 0 Å². The van der Waals surface area contributed by atoms with Crippen molar-refractivity contribution in [2.75, 3.05) is 26.2 Å². The molecule has 0 amide bonds. The molecule has 3 heteroatoms. The average molecular weight is 199 g/mol. The summed E-state index contributed by atoms with van der Waals surface area (Å²) in [6.07, 6.45) is 5.49. The van der Waals surface area contributed by atoms with E-state index in [1.54, 1.807) is 0 Å². The monoisotopic (exact) mass is 199 g/mol. The highest BCUT2D eigenvalue weighted by atomic mass is 16.3. The van der Waals surface area contributed by atoms with Gasteiger partial charge in [-0.2, -0.15) is 0 Å². The fourth-order valence-electron chi connectivity index (χ4n) is 2.47. The predicted octanol–water partition coefficient (Wildman–Crippen LogP) is 0.606. The highest BCUT2D eigenvalue weighted by molar-refractivity contribution is 5.02. The lowest BCUT2D eigenvalue weighted by atomic mass is 9.90. The summed E-state index contributed by atoms with van der Waals surface area (Å²) >= 11 is 0. The lowest BCUT2D eigenvalue weighted by Gasteiger charge is -2.36. The fourth-order valence-corrected chi connectivity index (χ4v) is 2.47. The zero-order valence-corrected chi connectivity index (χ0v) is 8.78. The van der Waals surface area contributed by atoms with Gasteiger partial charge in [-0.05, 0) is 50.6 Å². The molecule has 3 nitrogen and oxygen atoms in total. The Balaban J connectivity index is 1.70. The number of aliphatic hydroxyl groups excluding tert-OH is 2. The molecule has 1 saturated heterocycles. The first kappa shape index (κ1) is 10.4. The number of piperidine rings is 1. The topological polar surface area (TPSA) is 43.7 Å². The molecule has 2 N–H and O–H groups in total. The van der Waals surface area contributed by atoms with Crippen LogP contribution in [0, 0.1) is 5.41 Å². The minimum absolute atomic E-state index is 0.0922. The van der Waals surface area contributed by atoms with Crippen LogP contribution in [0.4, 0.5) is 0 Å². The van der Waals surface area contributed by atoms with E-state index in [9.17, 15) is 5.11 Å². The Hall–Kier alpha value is -0.120. The third kappa shape index (κ3) is 2.10. The van der Waals surface area contributed by atoms with E-state index in [2.05, 4.69) is 4.90 Å². The second-order valence-corrected chi connectivity index (χ2v) is 4.86. The molecule has 0 bridgehead atoms. The Kier molecular flexibility index (Phi) is 3.10. The third-order valence-corrected chi connectivity index (χ3v) is 3.84. The molecule has 1 saturated carbocycles. The van der Waals surface area contributed by atoms with E-state index in [0.29, 0.717) is 12.0 Å². The zero-order valence-electron chi connectivity index (χ0n) is 8.78. The van der Waals surface area contributed by atoms with Gasteiger partial charge in [0.1, 0.15) is 0 Å². The summed E-state index contributed by atoms with van der Waals surface area (Å²) in [5.41, 5.74) is 0.327. The van der Waals surface area contributed by atoms with Crippen molar-refractivity contribution in [3.05, 3.63) is 0 Å². The summed E-state index contributed by atoms with van der Waals surface area (Å²) in [6.45, 7) is 3.32. The molecule has 2 rings (SSSR count). The van der Waals surface area contributed by atoms with Crippen LogP contribution in [0.2, 0.25) is 0 Å². The highest BCUT2D eigenvalue weighted by Crippen LogP contribution is 2.53. The van der Waals surface area contributed by atoms with Gasteiger partial charge in [0.25, 0.3) is 0 Å². The third-order valence-electron chi connectivity index (χ3n) is 3.84. The maximum absolute atomic E-state index is 9.94. The lowest BCUT2D eigenvalue weighted by Crippen LogP contribution is -2.45. The maximum atomic E-state index is 9.94. The Labute approximate surface area is 85.7 Å². The van der Waals surface area contributed by atoms with Crippen molar-refractivity contribution in [3.63, 3.8) is 0 Å². The Morgan fingerprint density at radius 3 is 2.57 bits per heavy atom. The van der Waals surface area contributed by atoms with Crippen molar-refractivity contribution in [2.45, 2.75) is 38.2 Å². The summed E-state index contributed by atoms with van der Waals surface area (Å²) in [7, 11) is 0. The van der Waals surface area contributed by atoms with Crippen LogP contribution in [0.5, 0.6) is 0 Å². The number of rotatable bonds is 4. The summed E-state index contributed by atoms with van der Waals surface area (Å²) in [5.74, 6) is 0. The molecule has 0 aromatic carbocycles. The Bertz CT molecular complexity index is 192. The number of aliphatic hydroxyl groups is 2. The van der Waals surface area contributed by atoms with Gasteiger partial charge < -0.3 is 15.1 Å². The summed E-state index contributed by atoms with van der Waals surface area (Å²) in [6, 6.07) is 0. The molecule has 1 aliphatic heterocycles. The average Bonchev–Trinajstić information content (AvgIpc) is 2.94. The van der Waals surface area contributed by atoms with Gasteiger partial charge in [0.2, 0.25) is 0 Å². The molecule has 0 aromatic heterocycles. The van der Waals surface area contributed by atoms with Gasteiger partial charge >= 0.3 is 0 Å². The smallest absolute Gasteiger partial charge is 0.0723 e. The first-order valence-corrected chi connectivity index (χ1v) is 5.78. The molecule has 1 atom stereocenters. The Morgan fingerprint density at radius 1 is 1.21 bits per heavy atom. The summed E-state index contributed by atoms with van der Waals surface area (Å²) in [4.78, 5) is 2.34. The molecule has 2 fully saturated rings. The number of likely N-dealkylation sites (tertiary alicyclic amines) is 1. The second-order valence-electron chi connectivity index (χ2n) is 4.86. The van der Waals surface area contributed by atoms with Crippen molar-refractivity contribution < 1.29 is 10.2 Å². The molecule has 82 valence electrons. The fraction of sp³-hybridized carbons (Fsp3) is 1.00. The maximum Gasteiger partial charge on any atom is 0.0723 e. The number of hydrogen-bond donors (Lipinski definition) is 2. The van der Waals surface area contributed by atoms with Gasteiger partial charge in [-0.25, -0.2) is 0 Å². The number of unbranched alkanes of at least 4 members (excludes halogenated alkanes) is 1. The van der Waals surface area contributed by atoms with Crippen molar-refractivity contribution in [1.82, 2.24) is 4.90 Å². The van der Waals surface area contributed by atoms with Gasteiger partial charge in [0.15, 0.2) is 0 Å². The number of hydrogen-bond acceptors (Lipinski definition) is 3. The first-order valence-electron chi connectivity index (χ1n) is 5.78. The predicted molar refractivity (Wildman–Crippen MR) is 55.1 cm³/mol. The second kappa shape index (κ2) is 4.17. The van der Waals surface area contributed by atoms with Gasteiger partial charge in [-0.3, -0.25) is 0 Å². The van der Waals surface area contributed by atoms with Crippen LogP contribution in [0.25, 0.3) is 0 Å². The molecule has 1 spiro atoms. The SMILES string of the molecule is OCCCCN1CCC2(CC2)[C@H](O)C1. The van der Waals surface area contributed by atoms with Gasteiger partial charge in [0, 0.05) is 13.2 Å².